The number of rotatable bonds is 6. The standard InChI is InChI=1S/C13H20N6O2/c1-4-10-11(14)12(18(2)17-10)13(20)16-9-7-15-19(8-9)5-6-21-3/h7-8H,4-6,14H2,1-3H3,(H,16,20). The van der Waals surface area contributed by atoms with E-state index in [1.54, 1.807) is 31.2 Å². The Kier molecular flexibility index (Phi) is 4.59. The van der Waals surface area contributed by atoms with Gasteiger partial charge in [0.1, 0.15) is 5.69 Å². The molecule has 0 bridgehead atoms. The monoisotopic (exact) mass is 292 g/mol. The van der Waals surface area contributed by atoms with Crippen LogP contribution in [0, 0.1) is 0 Å². The van der Waals surface area contributed by atoms with Crippen molar-refractivity contribution in [2.75, 3.05) is 24.8 Å². The first kappa shape index (κ1) is 15.0. The van der Waals surface area contributed by atoms with E-state index in [9.17, 15) is 4.79 Å². The van der Waals surface area contributed by atoms with E-state index in [0.717, 1.165) is 5.69 Å². The number of carbonyl (C=O) groups excluding carboxylic acids is 1. The zero-order chi connectivity index (χ0) is 15.4. The van der Waals surface area contributed by atoms with Crippen LogP contribution in [0.5, 0.6) is 0 Å². The molecule has 2 rings (SSSR count). The van der Waals surface area contributed by atoms with Crippen molar-refractivity contribution in [3.63, 3.8) is 0 Å². The molecule has 0 fully saturated rings. The number of carbonyl (C=O) groups is 1. The minimum absolute atomic E-state index is 0.298. The average Bonchev–Trinajstić information content (AvgIpc) is 3.00. The maximum Gasteiger partial charge on any atom is 0.276 e. The molecule has 2 aromatic rings. The number of hydrogen-bond acceptors (Lipinski definition) is 5. The van der Waals surface area contributed by atoms with E-state index in [1.807, 2.05) is 6.92 Å². The Morgan fingerprint density at radius 1 is 1.52 bits per heavy atom. The van der Waals surface area contributed by atoms with E-state index in [-0.39, 0.29) is 5.91 Å². The summed E-state index contributed by atoms with van der Waals surface area (Å²) in [5.74, 6) is -0.298. The summed E-state index contributed by atoms with van der Waals surface area (Å²) < 4.78 is 8.17. The summed E-state index contributed by atoms with van der Waals surface area (Å²) in [5, 5.41) is 11.1. The summed E-state index contributed by atoms with van der Waals surface area (Å²) in [4.78, 5) is 12.3. The van der Waals surface area contributed by atoms with Crippen molar-refractivity contribution in [3.8, 4) is 0 Å². The number of nitrogens with zero attached hydrogens (tertiary/aromatic N) is 4. The van der Waals surface area contributed by atoms with Gasteiger partial charge < -0.3 is 15.8 Å². The number of aryl methyl sites for hydroxylation is 2. The Labute approximate surface area is 122 Å². The van der Waals surface area contributed by atoms with Gasteiger partial charge in [-0.1, -0.05) is 6.92 Å². The number of hydrogen-bond donors (Lipinski definition) is 2. The van der Waals surface area contributed by atoms with Gasteiger partial charge in [-0.15, -0.1) is 0 Å². The predicted octanol–water partition coefficient (Wildman–Crippen LogP) is 0.660. The first-order valence-corrected chi connectivity index (χ1v) is 6.70. The number of nitrogens with two attached hydrogens (primary N) is 1. The quantitative estimate of drug-likeness (QED) is 0.814. The predicted molar refractivity (Wildman–Crippen MR) is 79.1 cm³/mol. The first-order chi connectivity index (χ1) is 10.1. The second-order valence-electron chi connectivity index (χ2n) is 4.63. The number of anilines is 2. The van der Waals surface area contributed by atoms with Crippen LogP contribution in [-0.2, 0) is 24.8 Å². The number of ether oxygens (including phenoxy) is 1. The van der Waals surface area contributed by atoms with E-state index >= 15 is 0 Å². The minimum Gasteiger partial charge on any atom is -0.395 e. The Bertz CT molecular complexity index is 631. The molecule has 0 aliphatic heterocycles. The highest BCUT2D eigenvalue weighted by molar-refractivity contribution is 6.06. The van der Waals surface area contributed by atoms with Crippen LogP contribution in [-0.4, -0.2) is 39.2 Å². The van der Waals surface area contributed by atoms with Gasteiger partial charge in [0.25, 0.3) is 5.91 Å². The molecule has 0 aliphatic carbocycles. The van der Waals surface area contributed by atoms with Gasteiger partial charge in [0, 0.05) is 20.4 Å². The fraction of sp³-hybridized carbons (Fsp3) is 0.462. The SMILES string of the molecule is CCc1nn(C)c(C(=O)Nc2cnn(CCOC)c2)c1N. The van der Waals surface area contributed by atoms with Crippen LogP contribution in [0.2, 0.25) is 0 Å². The summed E-state index contributed by atoms with van der Waals surface area (Å²) in [5.41, 5.74) is 8.06. The van der Waals surface area contributed by atoms with Crippen molar-refractivity contribution < 1.29 is 9.53 Å². The summed E-state index contributed by atoms with van der Waals surface area (Å²) in [6.45, 7) is 3.13. The molecule has 0 aromatic carbocycles. The highest BCUT2D eigenvalue weighted by Crippen LogP contribution is 2.18. The number of nitrogen functional groups attached to an aromatic ring is 1. The zero-order valence-corrected chi connectivity index (χ0v) is 12.5. The molecule has 0 aliphatic rings. The van der Waals surface area contributed by atoms with Crippen molar-refractivity contribution in [3.05, 3.63) is 23.8 Å². The molecule has 0 spiro atoms. The van der Waals surface area contributed by atoms with Gasteiger partial charge in [0.15, 0.2) is 0 Å². The highest BCUT2D eigenvalue weighted by Gasteiger charge is 2.19. The van der Waals surface area contributed by atoms with Gasteiger partial charge in [-0.05, 0) is 6.42 Å². The van der Waals surface area contributed by atoms with E-state index in [1.165, 1.54) is 4.68 Å². The molecule has 0 atom stereocenters. The number of nitrogens with one attached hydrogen (secondary N) is 1. The topological polar surface area (TPSA) is 100.0 Å². The van der Waals surface area contributed by atoms with Crippen molar-refractivity contribution in [1.82, 2.24) is 19.6 Å². The molecular weight excluding hydrogens is 272 g/mol. The lowest BCUT2D eigenvalue weighted by Crippen LogP contribution is -2.17. The molecule has 8 heteroatoms. The molecule has 0 saturated heterocycles. The van der Waals surface area contributed by atoms with Crippen LogP contribution in [0.15, 0.2) is 12.4 Å². The van der Waals surface area contributed by atoms with Gasteiger partial charge >= 0.3 is 0 Å². The van der Waals surface area contributed by atoms with E-state index in [2.05, 4.69) is 15.5 Å². The fourth-order valence-electron chi connectivity index (χ4n) is 2.05. The molecular formula is C13H20N6O2. The van der Waals surface area contributed by atoms with Crippen LogP contribution in [0.3, 0.4) is 0 Å². The van der Waals surface area contributed by atoms with Crippen LogP contribution in [0.4, 0.5) is 11.4 Å². The molecule has 0 saturated carbocycles. The molecule has 8 nitrogen and oxygen atoms in total. The maximum atomic E-state index is 12.3. The third-order valence-electron chi connectivity index (χ3n) is 3.13. The molecule has 0 unspecified atom stereocenters. The number of amides is 1. The number of aromatic nitrogens is 4. The molecule has 114 valence electrons. The molecule has 2 heterocycles. The van der Waals surface area contributed by atoms with Gasteiger partial charge in [-0.2, -0.15) is 10.2 Å². The summed E-state index contributed by atoms with van der Waals surface area (Å²) in [6.07, 6.45) is 4.01. The lowest BCUT2D eigenvalue weighted by molar-refractivity contribution is 0.101. The van der Waals surface area contributed by atoms with Crippen LogP contribution < -0.4 is 11.1 Å². The normalized spacial score (nSPS) is 10.8. The van der Waals surface area contributed by atoms with E-state index in [0.29, 0.717) is 36.6 Å². The van der Waals surface area contributed by atoms with E-state index < -0.39 is 0 Å². The maximum absolute atomic E-state index is 12.3. The van der Waals surface area contributed by atoms with Crippen molar-refractivity contribution in [1.29, 1.82) is 0 Å². The Hall–Kier alpha value is -2.35. The average molecular weight is 292 g/mol. The van der Waals surface area contributed by atoms with Crippen LogP contribution in [0.1, 0.15) is 23.1 Å². The fourth-order valence-corrected chi connectivity index (χ4v) is 2.05. The van der Waals surface area contributed by atoms with Crippen molar-refractivity contribution in [2.24, 2.45) is 7.05 Å². The Morgan fingerprint density at radius 3 is 2.90 bits per heavy atom. The van der Waals surface area contributed by atoms with Crippen molar-refractivity contribution >= 4 is 17.3 Å². The van der Waals surface area contributed by atoms with Gasteiger partial charge in [0.2, 0.25) is 0 Å². The summed E-state index contributed by atoms with van der Waals surface area (Å²) >= 11 is 0. The Balaban J connectivity index is 2.11. The molecule has 1 amide bonds. The largest absolute Gasteiger partial charge is 0.395 e. The van der Waals surface area contributed by atoms with Crippen LogP contribution >= 0.6 is 0 Å². The van der Waals surface area contributed by atoms with Gasteiger partial charge in [0.05, 0.1) is 36.4 Å². The first-order valence-electron chi connectivity index (χ1n) is 6.70. The molecule has 3 N–H and O–H groups in total. The van der Waals surface area contributed by atoms with Gasteiger partial charge in [-0.3, -0.25) is 14.2 Å². The molecule has 0 radical (unpaired) electrons. The third kappa shape index (κ3) is 3.22. The van der Waals surface area contributed by atoms with Gasteiger partial charge in [-0.25, -0.2) is 0 Å². The molecule has 21 heavy (non-hydrogen) atoms. The highest BCUT2D eigenvalue weighted by atomic mass is 16.5. The lowest BCUT2D eigenvalue weighted by Gasteiger charge is -2.04. The van der Waals surface area contributed by atoms with Crippen LogP contribution in [0.25, 0.3) is 0 Å². The third-order valence-corrected chi connectivity index (χ3v) is 3.13. The Morgan fingerprint density at radius 2 is 2.29 bits per heavy atom. The van der Waals surface area contributed by atoms with E-state index in [4.69, 9.17) is 10.5 Å². The minimum atomic E-state index is -0.298. The molecule has 2 aromatic heterocycles. The second-order valence-corrected chi connectivity index (χ2v) is 4.63. The second kappa shape index (κ2) is 6.40. The lowest BCUT2D eigenvalue weighted by atomic mass is 10.2. The van der Waals surface area contributed by atoms with Crippen molar-refractivity contribution in [2.45, 2.75) is 19.9 Å². The number of methoxy groups -OCH3 is 1. The smallest absolute Gasteiger partial charge is 0.276 e. The summed E-state index contributed by atoms with van der Waals surface area (Å²) in [6, 6.07) is 0. The summed E-state index contributed by atoms with van der Waals surface area (Å²) in [7, 11) is 3.33. The zero-order valence-electron chi connectivity index (χ0n) is 12.5.